The molecule has 3 amide bonds. The molecular formula is C21H30N4O2. The third-order valence-electron chi connectivity index (χ3n) is 6.42. The first-order valence-corrected chi connectivity index (χ1v) is 10.3. The highest BCUT2D eigenvalue weighted by atomic mass is 16.2. The number of hydrogen-bond donors (Lipinski definition) is 4. The Balaban J connectivity index is 1.35. The van der Waals surface area contributed by atoms with E-state index in [0.717, 1.165) is 56.4 Å². The average Bonchev–Trinajstić information content (AvgIpc) is 3.36. The summed E-state index contributed by atoms with van der Waals surface area (Å²) < 4.78 is 0. The molecule has 2 aliphatic carbocycles. The van der Waals surface area contributed by atoms with Crippen LogP contribution in [-0.4, -0.2) is 31.1 Å². The molecular weight excluding hydrogens is 340 g/mol. The Morgan fingerprint density at radius 2 is 1.93 bits per heavy atom. The second-order valence-electron chi connectivity index (χ2n) is 8.42. The predicted octanol–water partition coefficient (Wildman–Crippen LogP) is 2.93. The molecule has 1 aliphatic heterocycles. The Kier molecular flexibility index (Phi) is 5.08. The lowest BCUT2D eigenvalue weighted by molar-refractivity contribution is -0.134. The molecule has 0 aromatic heterocycles. The van der Waals surface area contributed by atoms with Crippen molar-refractivity contribution in [3.05, 3.63) is 29.8 Å². The number of amides is 3. The molecule has 3 fully saturated rings. The topological polar surface area (TPSA) is 82.3 Å². The first kappa shape index (κ1) is 18.3. The number of rotatable bonds is 5. The molecule has 4 rings (SSSR count). The van der Waals surface area contributed by atoms with E-state index < -0.39 is 0 Å². The highest BCUT2D eigenvalue weighted by molar-refractivity contribution is 5.89. The van der Waals surface area contributed by atoms with Crippen LogP contribution in [0.4, 0.5) is 10.5 Å². The number of carbonyl (C=O) groups is 2. The molecule has 0 bridgehead atoms. The van der Waals surface area contributed by atoms with Crippen LogP contribution in [0.1, 0.15) is 57.1 Å². The summed E-state index contributed by atoms with van der Waals surface area (Å²) >= 11 is 0. The van der Waals surface area contributed by atoms with Gasteiger partial charge in [-0.2, -0.15) is 0 Å². The van der Waals surface area contributed by atoms with Crippen LogP contribution in [-0.2, 0) is 4.79 Å². The van der Waals surface area contributed by atoms with E-state index in [9.17, 15) is 9.59 Å². The van der Waals surface area contributed by atoms with Gasteiger partial charge in [-0.3, -0.25) is 4.79 Å². The van der Waals surface area contributed by atoms with Gasteiger partial charge in [0.1, 0.15) is 0 Å². The van der Waals surface area contributed by atoms with Gasteiger partial charge >= 0.3 is 6.03 Å². The summed E-state index contributed by atoms with van der Waals surface area (Å²) in [5, 5.41) is 12.4. The highest BCUT2D eigenvalue weighted by Gasteiger charge is 2.49. The molecule has 1 heterocycles. The van der Waals surface area contributed by atoms with Gasteiger partial charge in [0.15, 0.2) is 0 Å². The molecule has 6 nitrogen and oxygen atoms in total. The maximum absolute atomic E-state index is 13.1. The van der Waals surface area contributed by atoms with Crippen molar-refractivity contribution < 1.29 is 9.59 Å². The molecule has 1 saturated heterocycles. The van der Waals surface area contributed by atoms with Crippen molar-refractivity contribution in [2.45, 2.75) is 57.5 Å². The van der Waals surface area contributed by atoms with Gasteiger partial charge in [-0.05, 0) is 62.8 Å². The molecule has 0 spiro atoms. The van der Waals surface area contributed by atoms with Crippen molar-refractivity contribution in [1.82, 2.24) is 16.0 Å². The monoisotopic (exact) mass is 370 g/mol. The standard InChI is InChI=1S/C21H30N4O2/c1-14(23-19(26)21-11-3-2-4-16(21)12-22-13-21)15-5-7-17(8-6-15)24-20(27)25-18-9-10-18/h5-8,14,16,18,22H,2-4,9-13H2,1H3,(H,23,26)(H2,24,25,27)/t14?,16-,21+/m0/s1. The molecule has 27 heavy (non-hydrogen) atoms. The van der Waals surface area contributed by atoms with Gasteiger partial charge in [-0.15, -0.1) is 0 Å². The number of carbonyl (C=O) groups excluding carboxylic acids is 2. The lowest BCUT2D eigenvalue weighted by Crippen LogP contribution is -2.48. The van der Waals surface area contributed by atoms with Crippen molar-refractivity contribution in [2.75, 3.05) is 18.4 Å². The van der Waals surface area contributed by atoms with Crippen LogP contribution < -0.4 is 21.3 Å². The predicted molar refractivity (Wildman–Crippen MR) is 105 cm³/mol. The SMILES string of the molecule is CC(NC(=O)[C@@]12CCCC[C@H]1CNC2)c1ccc(NC(=O)NC2CC2)cc1. The fraction of sp³-hybridized carbons (Fsp3) is 0.619. The van der Waals surface area contributed by atoms with Crippen LogP contribution in [0.2, 0.25) is 0 Å². The van der Waals surface area contributed by atoms with Crippen LogP contribution >= 0.6 is 0 Å². The van der Waals surface area contributed by atoms with Crippen LogP contribution in [0.25, 0.3) is 0 Å². The minimum atomic E-state index is -0.227. The Morgan fingerprint density at radius 3 is 2.67 bits per heavy atom. The summed E-state index contributed by atoms with van der Waals surface area (Å²) in [4.78, 5) is 24.9. The Morgan fingerprint density at radius 1 is 1.15 bits per heavy atom. The zero-order chi connectivity index (χ0) is 18.9. The number of anilines is 1. The zero-order valence-electron chi connectivity index (χ0n) is 16.0. The maximum Gasteiger partial charge on any atom is 0.319 e. The number of urea groups is 1. The minimum Gasteiger partial charge on any atom is -0.349 e. The van der Waals surface area contributed by atoms with Crippen molar-refractivity contribution in [3.63, 3.8) is 0 Å². The van der Waals surface area contributed by atoms with E-state index in [1.807, 2.05) is 31.2 Å². The first-order valence-electron chi connectivity index (χ1n) is 10.3. The quantitative estimate of drug-likeness (QED) is 0.643. The van der Waals surface area contributed by atoms with Crippen LogP contribution in [0.3, 0.4) is 0 Å². The largest absolute Gasteiger partial charge is 0.349 e. The van der Waals surface area contributed by atoms with E-state index in [0.29, 0.717) is 12.0 Å². The van der Waals surface area contributed by atoms with Gasteiger partial charge in [0.2, 0.25) is 5.91 Å². The third-order valence-corrected chi connectivity index (χ3v) is 6.42. The Labute approximate surface area is 160 Å². The number of fused-ring (bicyclic) bond motifs is 1. The minimum absolute atomic E-state index is 0.0515. The van der Waals surface area contributed by atoms with Gasteiger partial charge in [0, 0.05) is 18.3 Å². The fourth-order valence-electron chi connectivity index (χ4n) is 4.55. The van der Waals surface area contributed by atoms with Gasteiger partial charge in [-0.25, -0.2) is 4.79 Å². The van der Waals surface area contributed by atoms with E-state index >= 15 is 0 Å². The van der Waals surface area contributed by atoms with Crippen molar-refractivity contribution in [3.8, 4) is 0 Å². The summed E-state index contributed by atoms with van der Waals surface area (Å²) in [5.41, 5.74) is 1.59. The fourth-order valence-corrected chi connectivity index (χ4v) is 4.55. The van der Waals surface area contributed by atoms with Crippen molar-refractivity contribution >= 4 is 17.6 Å². The summed E-state index contributed by atoms with van der Waals surface area (Å²) in [6.45, 7) is 3.79. The number of nitrogens with one attached hydrogen (secondary N) is 4. The van der Waals surface area contributed by atoms with Crippen LogP contribution in [0.5, 0.6) is 0 Å². The molecule has 1 unspecified atom stereocenters. The molecule has 3 aliphatic rings. The Hall–Kier alpha value is -2.08. The lowest BCUT2D eigenvalue weighted by Gasteiger charge is -2.38. The second kappa shape index (κ2) is 7.50. The molecule has 1 aromatic carbocycles. The van der Waals surface area contributed by atoms with Crippen LogP contribution in [0, 0.1) is 11.3 Å². The third kappa shape index (κ3) is 3.95. The van der Waals surface area contributed by atoms with Gasteiger partial charge in [0.05, 0.1) is 11.5 Å². The average molecular weight is 370 g/mol. The molecule has 4 N–H and O–H groups in total. The van der Waals surface area contributed by atoms with Gasteiger partial charge < -0.3 is 21.3 Å². The van der Waals surface area contributed by atoms with Gasteiger partial charge in [-0.1, -0.05) is 25.0 Å². The molecule has 3 atom stereocenters. The van der Waals surface area contributed by atoms with E-state index in [2.05, 4.69) is 21.3 Å². The molecule has 1 aromatic rings. The lowest BCUT2D eigenvalue weighted by atomic mass is 9.67. The first-order chi connectivity index (χ1) is 13.1. The number of benzene rings is 1. The smallest absolute Gasteiger partial charge is 0.319 e. The molecule has 0 radical (unpaired) electrons. The van der Waals surface area contributed by atoms with Crippen LogP contribution in [0.15, 0.2) is 24.3 Å². The van der Waals surface area contributed by atoms with E-state index in [4.69, 9.17) is 0 Å². The molecule has 2 saturated carbocycles. The maximum atomic E-state index is 13.1. The Bertz CT molecular complexity index is 701. The summed E-state index contributed by atoms with van der Waals surface area (Å²) in [6.07, 6.45) is 6.66. The van der Waals surface area contributed by atoms with E-state index in [-0.39, 0.29) is 23.4 Å². The van der Waals surface area contributed by atoms with Crippen molar-refractivity contribution in [1.29, 1.82) is 0 Å². The molecule has 146 valence electrons. The zero-order valence-corrected chi connectivity index (χ0v) is 16.0. The van der Waals surface area contributed by atoms with E-state index in [1.165, 1.54) is 6.42 Å². The summed E-state index contributed by atoms with van der Waals surface area (Å²) in [6, 6.07) is 7.87. The second-order valence-corrected chi connectivity index (χ2v) is 8.42. The normalized spacial score (nSPS) is 28.1. The summed E-state index contributed by atoms with van der Waals surface area (Å²) in [5.74, 6) is 0.658. The van der Waals surface area contributed by atoms with Gasteiger partial charge in [0.25, 0.3) is 0 Å². The summed E-state index contributed by atoms with van der Waals surface area (Å²) in [7, 11) is 0. The number of hydrogen-bond acceptors (Lipinski definition) is 3. The van der Waals surface area contributed by atoms with E-state index in [1.54, 1.807) is 0 Å². The molecule has 6 heteroatoms. The highest BCUT2D eigenvalue weighted by Crippen LogP contribution is 2.44. The van der Waals surface area contributed by atoms with Crippen molar-refractivity contribution in [2.24, 2.45) is 11.3 Å².